The molecule has 2 aromatic rings. The summed E-state index contributed by atoms with van der Waals surface area (Å²) in [7, 11) is 0. The molecular weight excluding hydrogens is 394 g/mol. The highest BCUT2D eigenvalue weighted by Crippen LogP contribution is 2.32. The quantitative estimate of drug-likeness (QED) is 0.588. The van der Waals surface area contributed by atoms with Gasteiger partial charge in [0.25, 0.3) is 0 Å². The van der Waals surface area contributed by atoms with Crippen LogP contribution in [-0.4, -0.2) is 19.2 Å². The molecule has 0 atom stereocenters. The molecule has 0 unspecified atom stereocenters. The average Bonchev–Trinajstić information content (AvgIpc) is 2.79. The summed E-state index contributed by atoms with van der Waals surface area (Å²) in [4.78, 5) is 4.32. The molecule has 0 radical (unpaired) electrons. The van der Waals surface area contributed by atoms with Gasteiger partial charge in [-0.2, -0.15) is 0 Å². The molecule has 0 saturated carbocycles. The van der Waals surface area contributed by atoms with Crippen LogP contribution >= 0.6 is 27.5 Å². The Morgan fingerprint density at radius 2 is 1.96 bits per heavy atom. The monoisotopic (exact) mass is 409 g/mol. The van der Waals surface area contributed by atoms with Crippen molar-refractivity contribution in [1.29, 1.82) is 0 Å². The number of benzene rings is 2. The predicted octanol–water partition coefficient (Wildman–Crippen LogP) is 4.19. The van der Waals surface area contributed by atoms with Crippen LogP contribution in [0.3, 0.4) is 0 Å². The zero-order chi connectivity index (χ0) is 16.9. The van der Waals surface area contributed by atoms with Gasteiger partial charge >= 0.3 is 0 Å². The molecule has 0 fully saturated rings. The summed E-state index contributed by atoms with van der Waals surface area (Å²) in [6, 6.07) is 11.3. The van der Waals surface area contributed by atoms with E-state index in [-0.39, 0.29) is 0 Å². The number of halogens is 2. The molecule has 0 aromatic heterocycles. The van der Waals surface area contributed by atoms with E-state index in [0.29, 0.717) is 36.5 Å². The van der Waals surface area contributed by atoms with Crippen LogP contribution in [0.25, 0.3) is 0 Å². The lowest BCUT2D eigenvalue weighted by Gasteiger charge is -2.11. The number of hydrogen-bond donors (Lipinski definition) is 2. The van der Waals surface area contributed by atoms with Gasteiger partial charge in [0.05, 0.1) is 19.8 Å². The Hall–Kier alpha value is -1.92. The van der Waals surface area contributed by atoms with E-state index in [9.17, 15) is 0 Å². The maximum atomic E-state index is 6.18. The molecule has 126 valence electrons. The van der Waals surface area contributed by atoms with E-state index in [1.54, 1.807) is 0 Å². The van der Waals surface area contributed by atoms with Gasteiger partial charge in [-0.3, -0.25) is 0 Å². The number of fused-ring (bicyclic) bond motifs is 1. The van der Waals surface area contributed by atoms with Gasteiger partial charge in [0.15, 0.2) is 17.5 Å². The van der Waals surface area contributed by atoms with Crippen molar-refractivity contribution < 1.29 is 9.47 Å². The molecule has 3 rings (SSSR count). The van der Waals surface area contributed by atoms with Crippen molar-refractivity contribution in [3.8, 4) is 11.5 Å². The summed E-state index contributed by atoms with van der Waals surface area (Å²) < 4.78 is 12.2. The van der Waals surface area contributed by atoms with Crippen molar-refractivity contribution in [2.75, 3.05) is 18.5 Å². The Bertz CT molecular complexity index is 767. The number of hydrogen-bond acceptors (Lipinski definition) is 3. The minimum atomic E-state index is 0.309. The van der Waals surface area contributed by atoms with Crippen LogP contribution < -0.4 is 20.5 Å². The molecule has 3 N–H and O–H groups in total. The minimum absolute atomic E-state index is 0.309. The number of anilines is 1. The Morgan fingerprint density at radius 3 is 2.75 bits per heavy atom. The molecule has 1 aliphatic rings. The van der Waals surface area contributed by atoms with Gasteiger partial charge in [-0.15, -0.1) is 0 Å². The second-order valence-electron chi connectivity index (χ2n) is 5.27. The average molecular weight is 411 g/mol. The second kappa shape index (κ2) is 7.77. The summed E-state index contributed by atoms with van der Waals surface area (Å²) in [5.74, 6) is 1.76. The fourth-order valence-electron chi connectivity index (χ4n) is 2.25. The normalized spacial score (nSPS) is 14.2. The smallest absolute Gasteiger partial charge is 0.193 e. The van der Waals surface area contributed by atoms with Gasteiger partial charge in [0.2, 0.25) is 0 Å². The molecular formula is C17H17BrClN3O2. The van der Waals surface area contributed by atoms with Gasteiger partial charge in [-0.05, 0) is 29.8 Å². The highest BCUT2D eigenvalue weighted by molar-refractivity contribution is 9.10. The number of guanidine groups is 1. The van der Waals surface area contributed by atoms with Crippen molar-refractivity contribution in [2.24, 2.45) is 10.7 Å². The highest BCUT2D eigenvalue weighted by Gasteiger charge is 2.11. The Balaban J connectivity index is 1.67. The lowest BCUT2D eigenvalue weighted by molar-refractivity contribution is 0.297. The van der Waals surface area contributed by atoms with Crippen molar-refractivity contribution in [2.45, 2.75) is 13.0 Å². The van der Waals surface area contributed by atoms with E-state index >= 15 is 0 Å². The van der Waals surface area contributed by atoms with E-state index in [0.717, 1.165) is 27.9 Å². The van der Waals surface area contributed by atoms with Crippen LogP contribution in [0.5, 0.6) is 11.5 Å². The Kier molecular flexibility index (Phi) is 5.48. The largest absolute Gasteiger partial charge is 0.490 e. The van der Waals surface area contributed by atoms with E-state index < -0.39 is 0 Å². The highest BCUT2D eigenvalue weighted by atomic mass is 79.9. The van der Waals surface area contributed by atoms with Crippen molar-refractivity contribution in [1.82, 2.24) is 0 Å². The molecule has 1 aliphatic heterocycles. The van der Waals surface area contributed by atoms with E-state index in [2.05, 4.69) is 26.2 Å². The molecule has 0 amide bonds. The first kappa shape index (κ1) is 16.9. The van der Waals surface area contributed by atoms with Crippen molar-refractivity contribution in [3.05, 3.63) is 51.5 Å². The first-order chi connectivity index (χ1) is 11.6. The topological polar surface area (TPSA) is 68.9 Å². The summed E-state index contributed by atoms with van der Waals surface area (Å²) >= 11 is 9.55. The number of nitrogens with zero attached hydrogens (tertiary/aromatic N) is 1. The molecule has 0 spiro atoms. The van der Waals surface area contributed by atoms with Gasteiger partial charge in [0.1, 0.15) is 0 Å². The SMILES string of the molecule is NC(=NCc1ccc(Br)cc1Cl)Nc1ccc2c(c1)OCCCO2. The van der Waals surface area contributed by atoms with E-state index in [1.165, 1.54) is 0 Å². The maximum absolute atomic E-state index is 6.18. The zero-order valence-electron chi connectivity index (χ0n) is 12.9. The molecule has 1 heterocycles. The summed E-state index contributed by atoms with van der Waals surface area (Å²) in [5, 5.41) is 3.70. The maximum Gasteiger partial charge on any atom is 0.193 e. The lowest BCUT2D eigenvalue weighted by Crippen LogP contribution is -2.22. The molecule has 2 aromatic carbocycles. The first-order valence-electron chi connectivity index (χ1n) is 7.52. The summed E-state index contributed by atoms with van der Waals surface area (Å²) in [5.41, 5.74) is 7.65. The van der Waals surface area contributed by atoms with Gasteiger partial charge in [0, 0.05) is 27.7 Å². The molecule has 24 heavy (non-hydrogen) atoms. The van der Waals surface area contributed by atoms with Crippen LogP contribution in [0.15, 0.2) is 45.9 Å². The Labute approximate surface area is 153 Å². The van der Waals surface area contributed by atoms with Crippen LogP contribution in [0, 0.1) is 0 Å². The summed E-state index contributed by atoms with van der Waals surface area (Å²) in [6.45, 7) is 1.70. The predicted molar refractivity (Wildman–Crippen MR) is 100 cm³/mol. The summed E-state index contributed by atoms with van der Waals surface area (Å²) in [6.07, 6.45) is 0.870. The Morgan fingerprint density at radius 1 is 1.17 bits per heavy atom. The van der Waals surface area contributed by atoms with Crippen LogP contribution in [0.1, 0.15) is 12.0 Å². The molecule has 7 heteroatoms. The molecule has 5 nitrogen and oxygen atoms in total. The van der Waals surface area contributed by atoms with Crippen LogP contribution in [0.4, 0.5) is 5.69 Å². The lowest BCUT2D eigenvalue weighted by atomic mass is 10.2. The van der Waals surface area contributed by atoms with Crippen molar-refractivity contribution in [3.63, 3.8) is 0 Å². The second-order valence-corrected chi connectivity index (χ2v) is 6.60. The van der Waals surface area contributed by atoms with Crippen LogP contribution in [-0.2, 0) is 6.54 Å². The first-order valence-corrected chi connectivity index (χ1v) is 8.69. The third-order valence-corrected chi connectivity index (χ3v) is 4.30. The van der Waals surface area contributed by atoms with Gasteiger partial charge in [-0.25, -0.2) is 4.99 Å². The fourth-order valence-corrected chi connectivity index (χ4v) is 2.98. The molecule has 0 bridgehead atoms. The number of nitrogens with two attached hydrogens (primary N) is 1. The standard InChI is InChI=1S/C17H17BrClN3O2/c18-12-3-2-11(14(19)8-12)10-21-17(20)22-13-4-5-15-16(9-13)24-7-1-6-23-15/h2-5,8-9H,1,6-7,10H2,(H3,20,21,22). The number of nitrogens with one attached hydrogen (secondary N) is 1. The third kappa shape index (κ3) is 4.33. The molecule has 0 saturated heterocycles. The van der Waals surface area contributed by atoms with Gasteiger partial charge in [-0.1, -0.05) is 33.6 Å². The zero-order valence-corrected chi connectivity index (χ0v) is 15.2. The van der Waals surface area contributed by atoms with E-state index in [4.69, 9.17) is 26.8 Å². The number of aliphatic imine (C=N–C) groups is 1. The minimum Gasteiger partial charge on any atom is -0.490 e. The number of rotatable bonds is 3. The fraction of sp³-hybridized carbons (Fsp3) is 0.235. The number of ether oxygens (including phenoxy) is 2. The van der Waals surface area contributed by atoms with E-state index in [1.807, 2.05) is 36.4 Å². The molecule has 0 aliphatic carbocycles. The van der Waals surface area contributed by atoms with Gasteiger partial charge < -0.3 is 20.5 Å². The van der Waals surface area contributed by atoms with Crippen LogP contribution in [0.2, 0.25) is 5.02 Å². The van der Waals surface area contributed by atoms with Crippen molar-refractivity contribution >= 4 is 39.2 Å². The third-order valence-electron chi connectivity index (χ3n) is 3.45.